The lowest BCUT2D eigenvalue weighted by molar-refractivity contribution is -0.152. The van der Waals surface area contributed by atoms with Crippen LogP contribution in [0.15, 0.2) is 48.5 Å². The number of carbonyl (C=O) groups excluding carboxylic acids is 3. The smallest absolute Gasteiger partial charge is 0.407 e. The molecule has 1 fully saturated rings. The van der Waals surface area contributed by atoms with E-state index in [-0.39, 0.29) is 45.1 Å². The van der Waals surface area contributed by atoms with Crippen LogP contribution >= 0.6 is 0 Å². The van der Waals surface area contributed by atoms with E-state index < -0.39 is 36.0 Å². The molecule has 0 aromatic heterocycles. The van der Waals surface area contributed by atoms with Crippen LogP contribution in [0, 0.1) is 0 Å². The number of benzene rings is 2. The van der Waals surface area contributed by atoms with Crippen molar-refractivity contribution in [1.29, 1.82) is 0 Å². The second-order valence-electron chi connectivity index (χ2n) is 8.50. The van der Waals surface area contributed by atoms with Gasteiger partial charge in [0.1, 0.15) is 18.7 Å². The number of hydrogen-bond acceptors (Lipinski definition) is 6. The number of carboxylic acids is 1. The van der Waals surface area contributed by atoms with Crippen molar-refractivity contribution in [2.75, 3.05) is 32.9 Å². The Balaban J connectivity index is 1.21. The average Bonchev–Trinajstić information content (AvgIpc) is 3.19. The topological polar surface area (TPSA) is 143 Å². The lowest BCUT2D eigenvalue weighted by Crippen LogP contribution is -2.59. The van der Waals surface area contributed by atoms with Crippen LogP contribution in [0.4, 0.5) is 4.79 Å². The Hall–Kier alpha value is -3.92. The molecule has 0 atom stereocenters. The van der Waals surface area contributed by atoms with Gasteiger partial charge in [0, 0.05) is 32.0 Å². The van der Waals surface area contributed by atoms with Gasteiger partial charge in [0.05, 0.1) is 6.54 Å². The van der Waals surface area contributed by atoms with E-state index in [1.54, 1.807) is 0 Å². The lowest BCUT2D eigenvalue weighted by Gasteiger charge is -2.33. The highest BCUT2D eigenvalue weighted by Crippen LogP contribution is 2.44. The van der Waals surface area contributed by atoms with Crippen LogP contribution in [0.25, 0.3) is 11.1 Å². The van der Waals surface area contributed by atoms with Crippen LogP contribution in [0.3, 0.4) is 0 Å². The van der Waals surface area contributed by atoms with Gasteiger partial charge in [0.15, 0.2) is 0 Å². The predicted octanol–water partition coefficient (Wildman–Crippen LogP) is 1.39. The highest BCUT2D eigenvalue weighted by atomic mass is 16.5. The van der Waals surface area contributed by atoms with Crippen molar-refractivity contribution in [1.82, 2.24) is 16.0 Å². The van der Waals surface area contributed by atoms with Crippen LogP contribution in [0.2, 0.25) is 0 Å². The zero-order valence-corrected chi connectivity index (χ0v) is 19.0. The van der Waals surface area contributed by atoms with Gasteiger partial charge in [0.25, 0.3) is 0 Å². The number of hydrogen-bond donors (Lipinski definition) is 4. The molecule has 0 bridgehead atoms. The number of carboxylic acid groups (broad SMARTS) is 1. The number of ether oxygens (including phenoxy) is 2. The number of fused-ring (bicyclic) bond motifs is 3. The Bertz CT molecular complexity index is 1080. The SMILES string of the molecule is O=C(CNC(=O)OCC1c2ccccc2-c2ccccc21)NCC(=O)NC1(C(=O)O)CCOCC1. The van der Waals surface area contributed by atoms with E-state index in [2.05, 4.69) is 16.0 Å². The molecule has 1 saturated heterocycles. The summed E-state index contributed by atoms with van der Waals surface area (Å²) in [6.45, 7) is -0.236. The van der Waals surface area contributed by atoms with Gasteiger partial charge >= 0.3 is 12.1 Å². The summed E-state index contributed by atoms with van der Waals surface area (Å²) in [5.74, 6) is -2.48. The summed E-state index contributed by atoms with van der Waals surface area (Å²) in [7, 11) is 0. The minimum absolute atomic E-state index is 0.0996. The quantitative estimate of drug-likeness (QED) is 0.446. The van der Waals surface area contributed by atoms with Crippen LogP contribution in [0.5, 0.6) is 0 Å². The van der Waals surface area contributed by atoms with Crippen molar-refractivity contribution in [2.24, 2.45) is 0 Å². The molecule has 1 aliphatic carbocycles. The number of carbonyl (C=O) groups is 4. The van der Waals surface area contributed by atoms with E-state index >= 15 is 0 Å². The molecule has 2 aromatic carbocycles. The first-order valence-corrected chi connectivity index (χ1v) is 11.4. The molecule has 4 N–H and O–H groups in total. The Labute approximate surface area is 202 Å². The minimum atomic E-state index is -1.40. The highest BCUT2D eigenvalue weighted by Gasteiger charge is 2.41. The first kappa shape index (κ1) is 24.2. The molecule has 2 aliphatic rings. The van der Waals surface area contributed by atoms with E-state index in [0.717, 1.165) is 22.3 Å². The zero-order chi connectivity index (χ0) is 24.8. The second kappa shape index (κ2) is 10.6. The monoisotopic (exact) mass is 481 g/mol. The Morgan fingerprint density at radius 2 is 1.46 bits per heavy atom. The normalized spacial score (nSPS) is 15.9. The minimum Gasteiger partial charge on any atom is -0.480 e. The summed E-state index contributed by atoms with van der Waals surface area (Å²) in [6.07, 6.45) is -0.463. The van der Waals surface area contributed by atoms with Crippen LogP contribution in [-0.4, -0.2) is 67.4 Å². The molecule has 10 nitrogen and oxygen atoms in total. The molecule has 1 aliphatic heterocycles. The van der Waals surface area contributed by atoms with Crippen molar-refractivity contribution >= 4 is 23.9 Å². The molecule has 0 unspecified atom stereocenters. The Kier molecular flexibility index (Phi) is 7.31. The summed E-state index contributed by atoms with van der Waals surface area (Å²) < 4.78 is 10.5. The highest BCUT2D eigenvalue weighted by molar-refractivity contribution is 5.91. The molecule has 2 aromatic rings. The summed E-state index contributed by atoms with van der Waals surface area (Å²) in [5, 5.41) is 16.7. The summed E-state index contributed by atoms with van der Waals surface area (Å²) >= 11 is 0. The van der Waals surface area contributed by atoms with Crippen molar-refractivity contribution in [3.63, 3.8) is 0 Å². The molecule has 1 heterocycles. The maximum absolute atomic E-state index is 12.2. The molecular weight excluding hydrogens is 454 g/mol. The molecule has 0 spiro atoms. The predicted molar refractivity (Wildman–Crippen MR) is 125 cm³/mol. The third-order valence-electron chi connectivity index (χ3n) is 6.32. The van der Waals surface area contributed by atoms with Crippen molar-refractivity contribution in [2.45, 2.75) is 24.3 Å². The molecule has 10 heteroatoms. The number of amides is 3. The van der Waals surface area contributed by atoms with Gasteiger partial charge in [-0.05, 0) is 22.3 Å². The molecule has 0 radical (unpaired) electrons. The standard InChI is InChI=1S/C25H27N3O7/c29-21(26-14-22(30)28-25(23(31)32)9-11-34-12-10-25)13-27-24(33)35-15-20-18-7-3-1-5-16(18)17-6-2-4-8-19(17)20/h1-8,20H,9-15H2,(H,26,29)(H,27,33)(H,28,30)(H,31,32). The van der Waals surface area contributed by atoms with Crippen LogP contribution in [-0.2, 0) is 23.9 Å². The molecule has 0 saturated carbocycles. The summed E-state index contributed by atoms with van der Waals surface area (Å²) in [4.78, 5) is 48.0. The van der Waals surface area contributed by atoms with Gasteiger partial charge in [-0.25, -0.2) is 9.59 Å². The van der Waals surface area contributed by atoms with Crippen LogP contribution < -0.4 is 16.0 Å². The van der Waals surface area contributed by atoms with Crippen LogP contribution in [0.1, 0.15) is 29.9 Å². The maximum atomic E-state index is 12.2. The molecule has 35 heavy (non-hydrogen) atoms. The zero-order valence-electron chi connectivity index (χ0n) is 19.0. The van der Waals surface area contributed by atoms with Crippen molar-refractivity contribution < 1.29 is 33.8 Å². The number of rotatable bonds is 8. The van der Waals surface area contributed by atoms with Gasteiger partial charge in [-0.2, -0.15) is 0 Å². The second-order valence-corrected chi connectivity index (χ2v) is 8.50. The Morgan fingerprint density at radius 3 is 2.06 bits per heavy atom. The third kappa shape index (κ3) is 5.43. The summed E-state index contributed by atoms with van der Waals surface area (Å²) in [6, 6.07) is 15.9. The number of aliphatic carboxylic acids is 1. The average molecular weight is 482 g/mol. The van der Waals surface area contributed by atoms with Gasteiger partial charge in [0.2, 0.25) is 11.8 Å². The lowest BCUT2D eigenvalue weighted by atomic mass is 9.90. The number of nitrogens with one attached hydrogen (secondary N) is 3. The summed E-state index contributed by atoms with van der Waals surface area (Å²) in [5.41, 5.74) is 2.97. The van der Waals surface area contributed by atoms with Crippen molar-refractivity contribution in [3.05, 3.63) is 59.7 Å². The molecular formula is C25H27N3O7. The first-order chi connectivity index (χ1) is 16.9. The maximum Gasteiger partial charge on any atom is 0.407 e. The van der Waals surface area contributed by atoms with Gasteiger partial charge in [-0.1, -0.05) is 48.5 Å². The van der Waals surface area contributed by atoms with Gasteiger partial charge < -0.3 is 30.5 Å². The molecule has 184 valence electrons. The van der Waals surface area contributed by atoms with Gasteiger partial charge in [-0.3, -0.25) is 9.59 Å². The molecule has 4 rings (SSSR count). The van der Waals surface area contributed by atoms with Gasteiger partial charge in [-0.15, -0.1) is 0 Å². The van der Waals surface area contributed by atoms with E-state index in [9.17, 15) is 24.3 Å². The first-order valence-electron chi connectivity index (χ1n) is 11.4. The fourth-order valence-electron chi connectivity index (χ4n) is 4.47. The van der Waals surface area contributed by atoms with E-state index in [1.165, 1.54) is 0 Å². The fraction of sp³-hybridized carbons (Fsp3) is 0.360. The Morgan fingerprint density at radius 1 is 0.886 bits per heavy atom. The largest absolute Gasteiger partial charge is 0.480 e. The third-order valence-corrected chi connectivity index (χ3v) is 6.32. The number of alkyl carbamates (subject to hydrolysis) is 1. The fourth-order valence-corrected chi connectivity index (χ4v) is 4.47. The van der Waals surface area contributed by atoms with Crippen molar-refractivity contribution in [3.8, 4) is 11.1 Å². The van der Waals surface area contributed by atoms with E-state index in [4.69, 9.17) is 9.47 Å². The molecule has 3 amide bonds. The van der Waals surface area contributed by atoms with E-state index in [1.807, 2.05) is 48.5 Å². The van der Waals surface area contributed by atoms with E-state index in [0.29, 0.717) is 0 Å².